The number of thiophene rings is 1. The maximum Gasteiger partial charge on any atom is 0.356 e. The summed E-state index contributed by atoms with van der Waals surface area (Å²) in [5.74, 6) is -1.18. The monoisotopic (exact) mass is 291 g/mol. The highest BCUT2D eigenvalue weighted by molar-refractivity contribution is 7.07. The number of aromatic nitrogens is 1. The Kier molecular flexibility index (Phi) is 4.67. The van der Waals surface area contributed by atoms with Crippen LogP contribution in [0.2, 0.25) is 0 Å². The number of carboxylic acids is 1. The first kappa shape index (κ1) is 14.0. The molecule has 0 aliphatic rings. The van der Waals surface area contributed by atoms with Crippen LogP contribution >= 0.6 is 11.3 Å². The van der Waals surface area contributed by atoms with Crippen molar-refractivity contribution >= 4 is 29.0 Å². The van der Waals surface area contributed by atoms with E-state index in [-0.39, 0.29) is 11.4 Å². The van der Waals surface area contributed by atoms with Gasteiger partial charge in [0.1, 0.15) is 0 Å². The highest BCUT2D eigenvalue weighted by Crippen LogP contribution is 2.11. The number of urea groups is 1. The Morgan fingerprint density at radius 3 is 2.90 bits per heavy atom. The summed E-state index contributed by atoms with van der Waals surface area (Å²) >= 11 is 1.60. The summed E-state index contributed by atoms with van der Waals surface area (Å²) in [6, 6.07) is 4.60. The molecule has 0 saturated heterocycles. The molecule has 0 bridgehead atoms. The molecule has 0 aromatic carbocycles. The number of nitrogens with one attached hydrogen (secondary N) is 2. The van der Waals surface area contributed by atoms with E-state index in [1.54, 1.807) is 17.4 Å². The van der Waals surface area contributed by atoms with Crippen molar-refractivity contribution in [3.05, 3.63) is 46.4 Å². The maximum absolute atomic E-state index is 11.7. The lowest BCUT2D eigenvalue weighted by Gasteiger charge is -2.08. The van der Waals surface area contributed by atoms with Crippen molar-refractivity contribution in [2.45, 2.75) is 6.42 Å². The Balaban J connectivity index is 1.87. The summed E-state index contributed by atoms with van der Waals surface area (Å²) in [5.41, 5.74) is 1.15. The number of hydrogen-bond donors (Lipinski definition) is 3. The summed E-state index contributed by atoms with van der Waals surface area (Å²) in [5, 5.41) is 18.1. The van der Waals surface area contributed by atoms with Gasteiger partial charge in [-0.25, -0.2) is 14.6 Å². The SMILES string of the molecule is O=C(NCCc1ccsc1)Nc1cccnc1C(=O)O. The minimum atomic E-state index is -1.18. The van der Waals surface area contributed by atoms with Crippen molar-refractivity contribution in [1.29, 1.82) is 0 Å². The van der Waals surface area contributed by atoms with Crippen LogP contribution < -0.4 is 10.6 Å². The van der Waals surface area contributed by atoms with Crippen LogP contribution in [0.4, 0.5) is 10.5 Å². The Hall–Kier alpha value is -2.41. The maximum atomic E-state index is 11.7. The van der Waals surface area contributed by atoms with E-state index in [2.05, 4.69) is 15.6 Å². The molecule has 0 radical (unpaired) electrons. The second-order valence-corrected chi connectivity index (χ2v) is 4.75. The molecule has 3 N–H and O–H groups in total. The summed E-state index contributed by atoms with van der Waals surface area (Å²) in [6.07, 6.45) is 2.10. The van der Waals surface area contributed by atoms with E-state index < -0.39 is 12.0 Å². The Morgan fingerprint density at radius 1 is 1.35 bits per heavy atom. The molecule has 20 heavy (non-hydrogen) atoms. The Labute approximate surface area is 119 Å². The quantitative estimate of drug-likeness (QED) is 0.787. The fraction of sp³-hybridized carbons (Fsp3) is 0.154. The van der Waals surface area contributed by atoms with Gasteiger partial charge in [-0.15, -0.1) is 0 Å². The van der Waals surface area contributed by atoms with Gasteiger partial charge in [-0.3, -0.25) is 0 Å². The van der Waals surface area contributed by atoms with Crippen LogP contribution in [0, 0.1) is 0 Å². The van der Waals surface area contributed by atoms with Crippen LogP contribution in [0.15, 0.2) is 35.2 Å². The minimum Gasteiger partial charge on any atom is -0.476 e. The van der Waals surface area contributed by atoms with Gasteiger partial charge in [-0.05, 0) is 40.9 Å². The molecule has 7 heteroatoms. The van der Waals surface area contributed by atoms with Crippen molar-refractivity contribution in [3.8, 4) is 0 Å². The van der Waals surface area contributed by atoms with Gasteiger partial charge in [0.15, 0.2) is 5.69 Å². The van der Waals surface area contributed by atoms with E-state index >= 15 is 0 Å². The van der Waals surface area contributed by atoms with Crippen LogP contribution in [-0.2, 0) is 6.42 Å². The fourth-order valence-electron chi connectivity index (χ4n) is 1.60. The number of carbonyl (C=O) groups is 2. The lowest BCUT2D eigenvalue weighted by Crippen LogP contribution is -2.31. The van der Waals surface area contributed by atoms with Crippen molar-refractivity contribution in [1.82, 2.24) is 10.3 Å². The third-order valence-corrected chi connectivity index (χ3v) is 3.27. The number of pyridine rings is 1. The second-order valence-electron chi connectivity index (χ2n) is 3.97. The van der Waals surface area contributed by atoms with Crippen LogP contribution in [0.5, 0.6) is 0 Å². The van der Waals surface area contributed by atoms with E-state index in [0.29, 0.717) is 6.54 Å². The molecule has 0 spiro atoms. The molecule has 6 nitrogen and oxygen atoms in total. The van der Waals surface area contributed by atoms with Crippen LogP contribution in [0.1, 0.15) is 16.1 Å². The Morgan fingerprint density at radius 2 is 2.20 bits per heavy atom. The molecule has 2 rings (SSSR count). The van der Waals surface area contributed by atoms with Gasteiger partial charge < -0.3 is 15.7 Å². The summed E-state index contributed by atoms with van der Waals surface area (Å²) < 4.78 is 0. The second kappa shape index (κ2) is 6.67. The number of carbonyl (C=O) groups excluding carboxylic acids is 1. The van der Waals surface area contributed by atoms with Gasteiger partial charge in [0, 0.05) is 12.7 Å². The highest BCUT2D eigenvalue weighted by Gasteiger charge is 2.12. The number of amides is 2. The molecule has 2 heterocycles. The van der Waals surface area contributed by atoms with E-state index in [0.717, 1.165) is 12.0 Å². The van der Waals surface area contributed by atoms with Crippen LogP contribution in [-0.4, -0.2) is 28.6 Å². The molecule has 0 unspecified atom stereocenters. The number of hydrogen-bond acceptors (Lipinski definition) is 4. The van der Waals surface area contributed by atoms with Gasteiger partial charge in [0.25, 0.3) is 0 Å². The lowest BCUT2D eigenvalue weighted by atomic mass is 10.2. The Bertz CT molecular complexity index is 599. The molecular weight excluding hydrogens is 278 g/mol. The third-order valence-electron chi connectivity index (χ3n) is 2.54. The number of anilines is 1. The number of nitrogens with zero attached hydrogens (tertiary/aromatic N) is 1. The van der Waals surface area contributed by atoms with Gasteiger partial charge in [0.05, 0.1) is 5.69 Å². The van der Waals surface area contributed by atoms with Gasteiger partial charge in [-0.2, -0.15) is 11.3 Å². The molecule has 0 aliphatic heterocycles. The molecule has 0 saturated carbocycles. The van der Waals surface area contributed by atoms with Crippen molar-refractivity contribution < 1.29 is 14.7 Å². The smallest absolute Gasteiger partial charge is 0.356 e. The number of aromatic carboxylic acids is 1. The molecule has 2 aromatic heterocycles. The zero-order valence-electron chi connectivity index (χ0n) is 10.5. The minimum absolute atomic E-state index is 0.174. The standard InChI is InChI=1S/C13H13N3O3S/c17-12(18)11-10(2-1-5-14-11)16-13(19)15-6-3-9-4-7-20-8-9/h1-2,4-5,7-8H,3,6H2,(H,17,18)(H2,15,16,19). The fourth-order valence-corrected chi connectivity index (χ4v) is 2.30. The summed E-state index contributed by atoms with van der Waals surface area (Å²) in [7, 11) is 0. The van der Waals surface area contributed by atoms with Crippen molar-refractivity contribution in [2.24, 2.45) is 0 Å². The first-order valence-corrected chi connectivity index (χ1v) is 6.85. The lowest BCUT2D eigenvalue weighted by molar-refractivity contribution is 0.0692. The topological polar surface area (TPSA) is 91.3 Å². The van der Waals surface area contributed by atoms with Crippen molar-refractivity contribution in [3.63, 3.8) is 0 Å². The zero-order valence-corrected chi connectivity index (χ0v) is 11.3. The molecule has 2 amide bonds. The number of rotatable bonds is 5. The average Bonchev–Trinajstić information content (AvgIpc) is 2.92. The van der Waals surface area contributed by atoms with E-state index in [9.17, 15) is 9.59 Å². The molecule has 0 aliphatic carbocycles. The van der Waals surface area contributed by atoms with Gasteiger partial charge >= 0.3 is 12.0 Å². The predicted molar refractivity (Wildman–Crippen MR) is 76.2 cm³/mol. The average molecular weight is 291 g/mol. The third kappa shape index (κ3) is 3.79. The van der Waals surface area contributed by atoms with E-state index in [1.807, 2.05) is 16.8 Å². The summed E-state index contributed by atoms with van der Waals surface area (Å²) in [6.45, 7) is 0.477. The van der Waals surface area contributed by atoms with E-state index in [1.165, 1.54) is 12.3 Å². The van der Waals surface area contributed by atoms with Crippen molar-refractivity contribution in [2.75, 3.05) is 11.9 Å². The molecule has 0 atom stereocenters. The molecule has 2 aromatic rings. The molecule has 104 valence electrons. The van der Waals surface area contributed by atoms with Gasteiger partial charge in [-0.1, -0.05) is 0 Å². The summed E-state index contributed by atoms with van der Waals surface area (Å²) in [4.78, 5) is 26.3. The number of carboxylic acid groups (broad SMARTS) is 1. The largest absolute Gasteiger partial charge is 0.476 e. The first-order chi connectivity index (χ1) is 9.66. The van der Waals surface area contributed by atoms with E-state index in [4.69, 9.17) is 5.11 Å². The first-order valence-electron chi connectivity index (χ1n) is 5.91. The molecular formula is C13H13N3O3S. The normalized spacial score (nSPS) is 10.0. The predicted octanol–water partition coefficient (Wildman–Crippen LogP) is 2.21. The zero-order chi connectivity index (χ0) is 14.4. The molecule has 0 fully saturated rings. The van der Waals surface area contributed by atoms with Gasteiger partial charge in [0.2, 0.25) is 0 Å². The van der Waals surface area contributed by atoms with Crippen LogP contribution in [0.25, 0.3) is 0 Å². The van der Waals surface area contributed by atoms with Crippen LogP contribution in [0.3, 0.4) is 0 Å². The highest BCUT2D eigenvalue weighted by atomic mass is 32.1.